The average molecular weight is 397 g/mol. The Kier molecular flexibility index (Phi) is 5.25. The van der Waals surface area contributed by atoms with Gasteiger partial charge >= 0.3 is 0 Å². The molecule has 0 aliphatic carbocycles. The highest BCUT2D eigenvalue weighted by molar-refractivity contribution is 7.14. The molecule has 0 radical (unpaired) electrons. The molecule has 0 bridgehead atoms. The Labute approximate surface area is 167 Å². The topological polar surface area (TPSA) is 45.7 Å². The van der Waals surface area contributed by atoms with Crippen molar-refractivity contribution in [3.63, 3.8) is 0 Å². The number of hydrogen-bond acceptors (Lipinski definition) is 5. The minimum atomic E-state index is -0.336. The van der Waals surface area contributed by atoms with Crippen LogP contribution in [0.1, 0.15) is 10.4 Å². The molecule has 0 N–H and O–H groups in total. The maximum absolute atomic E-state index is 13.1. The number of thiazole rings is 1. The molecule has 4 rings (SSSR count). The van der Waals surface area contributed by atoms with E-state index >= 15 is 0 Å². The smallest absolute Gasteiger partial charge is 0.253 e. The second kappa shape index (κ2) is 7.98. The molecule has 0 spiro atoms. The molecule has 2 aromatic carbocycles. The van der Waals surface area contributed by atoms with Crippen molar-refractivity contribution in [2.45, 2.75) is 0 Å². The first-order chi connectivity index (χ1) is 13.6. The van der Waals surface area contributed by atoms with Gasteiger partial charge < -0.3 is 14.5 Å². The summed E-state index contributed by atoms with van der Waals surface area (Å²) in [6.45, 7) is 2.67. The first-order valence-electron chi connectivity index (χ1n) is 9.04. The number of amides is 1. The summed E-state index contributed by atoms with van der Waals surface area (Å²) < 4.78 is 18.3. The van der Waals surface area contributed by atoms with Crippen molar-refractivity contribution >= 4 is 22.4 Å². The van der Waals surface area contributed by atoms with Crippen molar-refractivity contribution in [2.75, 3.05) is 38.2 Å². The number of anilines is 1. The SMILES string of the molecule is COc1cccc(-c2csc(N3CCN(C(=O)c4ccc(F)cc4)CC3)n2)c1. The maximum atomic E-state index is 13.1. The third-order valence-electron chi connectivity index (χ3n) is 4.79. The number of halogens is 1. The summed E-state index contributed by atoms with van der Waals surface area (Å²) >= 11 is 1.60. The standard InChI is InChI=1S/C21H20FN3O2S/c1-27-18-4-2-3-16(13-18)19-14-28-21(23-19)25-11-9-24(10-12-25)20(26)15-5-7-17(22)8-6-15/h2-8,13-14H,9-12H2,1H3. The summed E-state index contributed by atoms with van der Waals surface area (Å²) in [6.07, 6.45) is 0. The molecular formula is C21H20FN3O2S. The summed E-state index contributed by atoms with van der Waals surface area (Å²) in [5.74, 6) is 0.410. The molecule has 144 valence electrons. The Morgan fingerprint density at radius 3 is 2.57 bits per heavy atom. The minimum absolute atomic E-state index is 0.0594. The van der Waals surface area contributed by atoms with Gasteiger partial charge in [-0.3, -0.25) is 4.79 Å². The Morgan fingerprint density at radius 1 is 1.11 bits per heavy atom. The van der Waals surface area contributed by atoms with Crippen LogP contribution in [0.3, 0.4) is 0 Å². The molecule has 0 unspecified atom stereocenters. The first kappa shape index (κ1) is 18.4. The summed E-state index contributed by atoms with van der Waals surface area (Å²) in [6, 6.07) is 13.6. The lowest BCUT2D eigenvalue weighted by atomic mass is 10.1. The summed E-state index contributed by atoms with van der Waals surface area (Å²) in [7, 11) is 1.65. The quantitative estimate of drug-likeness (QED) is 0.669. The van der Waals surface area contributed by atoms with Crippen LogP contribution in [0.2, 0.25) is 0 Å². The van der Waals surface area contributed by atoms with E-state index in [1.165, 1.54) is 24.3 Å². The number of rotatable bonds is 4. The molecule has 7 heteroatoms. The molecular weight excluding hydrogens is 377 g/mol. The van der Waals surface area contributed by atoms with E-state index in [-0.39, 0.29) is 11.7 Å². The monoisotopic (exact) mass is 397 g/mol. The highest BCUT2D eigenvalue weighted by Gasteiger charge is 2.24. The molecule has 0 saturated carbocycles. The fourth-order valence-corrected chi connectivity index (χ4v) is 4.09. The van der Waals surface area contributed by atoms with Crippen molar-refractivity contribution in [3.8, 4) is 17.0 Å². The van der Waals surface area contributed by atoms with Gasteiger partial charge in [-0.25, -0.2) is 9.37 Å². The lowest BCUT2D eigenvalue weighted by Crippen LogP contribution is -2.48. The largest absolute Gasteiger partial charge is 0.497 e. The molecule has 1 fully saturated rings. The van der Waals surface area contributed by atoms with Gasteiger partial charge in [0.2, 0.25) is 0 Å². The van der Waals surface area contributed by atoms with Crippen LogP contribution in [0.15, 0.2) is 53.9 Å². The summed E-state index contributed by atoms with van der Waals surface area (Å²) in [5, 5.41) is 2.99. The number of piperazine rings is 1. The third-order valence-corrected chi connectivity index (χ3v) is 5.69. The Bertz CT molecular complexity index is 966. The molecule has 3 aromatic rings. The van der Waals surface area contributed by atoms with Gasteiger partial charge in [0.1, 0.15) is 11.6 Å². The first-order valence-corrected chi connectivity index (χ1v) is 9.92. The predicted molar refractivity (Wildman–Crippen MR) is 109 cm³/mol. The van der Waals surface area contributed by atoms with Crippen LogP contribution >= 0.6 is 11.3 Å². The number of nitrogens with zero attached hydrogens (tertiary/aromatic N) is 3. The molecule has 1 amide bonds. The van der Waals surface area contributed by atoms with Crippen LogP contribution in [-0.4, -0.2) is 49.1 Å². The highest BCUT2D eigenvalue weighted by atomic mass is 32.1. The van der Waals surface area contributed by atoms with Crippen LogP contribution in [-0.2, 0) is 0 Å². The average Bonchev–Trinajstić information content (AvgIpc) is 3.24. The van der Waals surface area contributed by atoms with E-state index in [1.54, 1.807) is 23.3 Å². The number of hydrogen-bond donors (Lipinski definition) is 0. The number of carbonyl (C=O) groups excluding carboxylic acids is 1. The van der Waals surface area contributed by atoms with Gasteiger partial charge in [0.25, 0.3) is 5.91 Å². The van der Waals surface area contributed by atoms with Gasteiger partial charge in [-0.15, -0.1) is 11.3 Å². The van der Waals surface area contributed by atoms with Crippen molar-refractivity contribution in [2.24, 2.45) is 0 Å². The van der Waals surface area contributed by atoms with Gasteiger partial charge in [0.15, 0.2) is 5.13 Å². The zero-order valence-electron chi connectivity index (χ0n) is 15.5. The normalized spacial score (nSPS) is 14.2. The Balaban J connectivity index is 1.41. The summed E-state index contributed by atoms with van der Waals surface area (Å²) in [5.41, 5.74) is 2.46. The Hall–Kier alpha value is -2.93. The van der Waals surface area contributed by atoms with Crippen molar-refractivity contribution in [1.29, 1.82) is 0 Å². The van der Waals surface area contributed by atoms with Crippen LogP contribution < -0.4 is 9.64 Å². The zero-order chi connectivity index (χ0) is 19.5. The van der Waals surface area contributed by atoms with Gasteiger partial charge in [-0.2, -0.15) is 0 Å². The van der Waals surface area contributed by atoms with E-state index in [9.17, 15) is 9.18 Å². The zero-order valence-corrected chi connectivity index (χ0v) is 16.3. The van der Waals surface area contributed by atoms with Crippen LogP contribution in [0, 0.1) is 5.82 Å². The lowest BCUT2D eigenvalue weighted by Gasteiger charge is -2.34. The lowest BCUT2D eigenvalue weighted by molar-refractivity contribution is 0.0746. The molecule has 1 aliphatic heterocycles. The second-order valence-electron chi connectivity index (χ2n) is 6.53. The summed E-state index contributed by atoms with van der Waals surface area (Å²) in [4.78, 5) is 21.3. The minimum Gasteiger partial charge on any atom is -0.497 e. The van der Waals surface area contributed by atoms with Gasteiger partial charge in [0.05, 0.1) is 12.8 Å². The Morgan fingerprint density at radius 2 is 1.86 bits per heavy atom. The van der Waals surface area contributed by atoms with Gasteiger partial charge in [0, 0.05) is 42.7 Å². The van der Waals surface area contributed by atoms with Crippen LogP contribution in [0.5, 0.6) is 5.75 Å². The third kappa shape index (κ3) is 3.84. The van der Waals surface area contributed by atoms with Crippen LogP contribution in [0.25, 0.3) is 11.3 Å². The fraction of sp³-hybridized carbons (Fsp3) is 0.238. The number of methoxy groups -OCH3 is 1. The molecule has 1 aliphatic rings. The maximum Gasteiger partial charge on any atom is 0.253 e. The van der Waals surface area contributed by atoms with Gasteiger partial charge in [-0.1, -0.05) is 12.1 Å². The molecule has 5 nitrogen and oxygen atoms in total. The predicted octanol–water partition coefficient (Wildman–Crippen LogP) is 3.92. The van der Waals surface area contributed by atoms with E-state index < -0.39 is 0 Å². The molecule has 0 atom stereocenters. The number of carbonyl (C=O) groups is 1. The number of aromatic nitrogens is 1. The fourth-order valence-electron chi connectivity index (χ4n) is 3.20. The van der Waals surface area contributed by atoms with E-state index in [1.807, 2.05) is 29.6 Å². The number of ether oxygens (including phenoxy) is 1. The van der Waals surface area contributed by atoms with Crippen LogP contribution in [0.4, 0.5) is 9.52 Å². The molecule has 28 heavy (non-hydrogen) atoms. The van der Waals surface area contributed by atoms with E-state index in [0.717, 1.165) is 35.2 Å². The molecule has 1 saturated heterocycles. The second-order valence-corrected chi connectivity index (χ2v) is 7.37. The molecule has 1 aromatic heterocycles. The van der Waals surface area contributed by atoms with Gasteiger partial charge in [-0.05, 0) is 36.4 Å². The van der Waals surface area contributed by atoms with E-state index in [4.69, 9.17) is 9.72 Å². The van der Waals surface area contributed by atoms with Crippen molar-refractivity contribution in [1.82, 2.24) is 9.88 Å². The molecule has 2 heterocycles. The van der Waals surface area contributed by atoms with Crippen molar-refractivity contribution in [3.05, 3.63) is 65.3 Å². The van der Waals surface area contributed by atoms with E-state index in [2.05, 4.69) is 4.90 Å². The van der Waals surface area contributed by atoms with E-state index in [0.29, 0.717) is 18.7 Å². The highest BCUT2D eigenvalue weighted by Crippen LogP contribution is 2.30. The number of benzene rings is 2. The van der Waals surface area contributed by atoms with Crippen molar-refractivity contribution < 1.29 is 13.9 Å².